The molecule has 1 fully saturated rings. The van der Waals surface area contributed by atoms with E-state index < -0.39 is 85.3 Å². The minimum Gasteiger partial charge on any atom is -0.508 e. The van der Waals surface area contributed by atoms with E-state index >= 15 is 0 Å². The van der Waals surface area contributed by atoms with Crippen molar-refractivity contribution >= 4 is 48.5 Å². The van der Waals surface area contributed by atoms with Gasteiger partial charge in [0, 0.05) is 19.7 Å². The first-order valence-electron chi connectivity index (χ1n) is 13.9. The van der Waals surface area contributed by atoms with Crippen LogP contribution in [0.5, 0.6) is 0 Å². The number of aliphatic hydroxyl groups is 1. The van der Waals surface area contributed by atoms with Gasteiger partial charge in [-0.15, -0.1) is 0 Å². The van der Waals surface area contributed by atoms with Gasteiger partial charge >= 0.3 is 13.1 Å². The van der Waals surface area contributed by atoms with Crippen molar-refractivity contribution in [2.45, 2.75) is 96.8 Å². The van der Waals surface area contributed by atoms with E-state index in [4.69, 9.17) is 5.73 Å². The number of hydrogen-bond donors (Lipinski definition) is 8. The fourth-order valence-electron chi connectivity index (χ4n) is 4.13. The number of amides is 6. The number of hydrogen-bond acceptors (Lipinski definition) is 10. The van der Waals surface area contributed by atoms with Crippen molar-refractivity contribution in [3.63, 3.8) is 0 Å². The maximum absolute atomic E-state index is 13.2. The van der Waals surface area contributed by atoms with Crippen molar-refractivity contribution in [2.75, 3.05) is 6.61 Å². The van der Waals surface area contributed by atoms with Crippen molar-refractivity contribution in [2.24, 2.45) is 17.6 Å². The Morgan fingerprint density at radius 1 is 0.952 bits per heavy atom. The summed E-state index contributed by atoms with van der Waals surface area (Å²) in [5, 5.41) is 31.5. The molecule has 0 aromatic carbocycles. The third-order valence-corrected chi connectivity index (χ3v) is 6.61. The van der Waals surface area contributed by atoms with Gasteiger partial charge in [-0.1, -0.05) is 34.1 Å². The van der Waals surface area contributed by atoms with E-state index in [0.29, 0.717) is 6.42 Å². The van der Waals surface area contributed by atoms with Crippen molar-refractivity contribution in [3.05, 3.63) is 0 Å². The minimum absolute atomic E-state index is 0.100. The number of aliphatic hydroxyl groups excluding tert-OH is 1. The average molecular weight is 598 g/mol. The molecule has 0 spiro atoms. The average Bonchev–Trinajstić information content (AvgIpc) is 3.22. The number of carbonyl (C=O) groups is 7. The highest BCUT2D eigenvalue weighted by Crippen LogP contribution is 2.13. The molecule has 16 nitrogen and oxygen atoms in total. The molecule has 0 aromatic heterocycles. The number of nitrogens with two attached hydrogens (primary N) is 1. The topological polar surface area (TPSA) is 255 Å². The molecule has 0 saturated carbocycles. The van der Waals surface area contributed by atoms with E-state index in [0.717, 1.165) is 0 Å². The zero-order valence-corrected chi connectivity index (χ0v) is 24.6. The molecule has 1 aliphatic heterocycles. The highest BCUT2D eigenvalue weighted by Gasteiger charge is 2.40. The van der Waals surface area contributed by atoms with Gasteiger partial charge in [-0.2, -0.15) is 0 Å². The van der Waals surface area contributed by atoms with Crippen LogP contribution in [0.25, 0.3) is 0 Å². The zero-order chi connectivity index (χ0) is 32.1. The van der Waals surface area contributed by atoms with E-state index in [-0.39, 0.29) is 37.4 Å². The fourth-order valence-corrected chi connectivity index (χ4v) is 4.13. The summed E-state index contributed by atoms with van der Waals surface area (Å²) >= 11 is 0. The summed E-state index contributed by atoms with van der Waals surface area (Å²) in [5.41, 5.74) is 5.23. The lowest BCUT2D eigenvalue weighted by Crippen LogP contribution is -2.60. The van der Waals surface area contributed by atoms with Crippen molar-refractivity contribution < 1.29 is 48.3 Å². The highest BCUT2D eigenvalue weighted by molar-refractivity contribution is 6.48. The lowest BCUT2D eigenvalue weighted by molar-refractivity contribution is -0.138. The Labute approximate surface area is 244 Å². The molecule has 1 saturated heterocycles. The largest absolute Gasteiger partial charge is 0.527 e. The molecular weight excluding hydrogens is 555 g/mol. The van der Waals surface area contributed by atoms with Crippen LogP contribution in [0, 0.1) is 11.8 Å². The van der Waals surface area contributed by atoms with E-state index in [9.17, 15) is 43.7 Å². The number of nitrogens with one attached hydrogen (secondary N) is 5. The van der Waals surface area contributed by atoms with Gasteiger partial charge in [0.15, 0.2) is 0 Å². The van der Waals surface area contributed by atoms with Crippen LogP contribution in [-0.2, 0) is 38.2 Å². The molecule has 1 heterocycles. The first-order chi connectivity index (χ1) is 19.6. The summed E-state index contributed by atoms with van der Waals surface area (Å²) in [4.78, 5) is 86.9. The molecule has 1 rings (SSSR count). The van der Waals surface area contributed by atoms with Crippen LogP contribution in [0.2, 0.25) is 6.32 Å². The molecule has 42 heavy (non-hydrogen) atoms. The molecular formula is C25H43BN6O10. The Morgan fingerprint density at radius 3 is 2.00 bits per heavy atom. The SMILES string of the molecule is CC[C@H](C)[C@H](NC(C)=O)C(=O)N[C@@H](CO)C(=O)N[C@@H](CCC(N)=O)C(=O)N[C@@H](CC(C)C)C(=O)NC1CB(O)OC1=O. The second kappa shape index (κ2) is 17.3. The minimum atomic E-state index is -1.52. The number of carbonyl (C=O) groups excluding carboxylic acids is 7. The smallest absolute Gasteiger partial charge is 0.508 e. The van der Waals surface area contributed by atoms with Gasteiger partial charge in [-0.05, 0) is 24.7 Å². The Bertz CT molecular complexity index is 1010. The van der Waals surface area contributed by atoms with Crippen LogP contribution >= 0.6 is 0 Å². The summed E-state index contributed by atoms with van der Waals surface area (Å²) in [7, 11) is -1.37. The Morgan fingerprint density at radius 2 is 1.52 bits per heavy atom. The van der Waals surface area contributed by atoms with Crippen molar-refractivity contribution in [3.8, 4) is 0 Å². The van der Waals surface area contributed by atoms with Crippen LogP contribution in [0.3, 0.4) is 0 Å². The van der Waals surface area contributed by atoms with Gasteiger partial charge in [-0.3, -0.25) is 33.6 Å². The standard InChI is InChI=1S/C25H43BN6O10/c1-6-13(4)20(28-14(5)34)24(39)32-18(11-33)23(38)29-15(7-8-19(27)35)21(36)30-16(9-12(2)3)22(37)31-17-10-26(41)42-25(17)40/h12-13,15-18,20,33,41H,6-11H2,1-5H3,(H2,27,35)(H,28,34)(H,29,38)(H,30,36)(H,31,37)(H,32,39)/t13-,15-,16-,17?,18-,20-/m0/s1. The first-order valence-corrected chi connectivity index (χ1v) is 13.9. The first kappa shape index (κ1) is 36.3. The summed E-state index contributed by atoms with van der Waals surface area (Å²) in [6, 6.07) is -6.20. The Hall–Kier alpha value is -3.73. The van der Waals surface area contributed by atoms with E-state index in [2.05, 4.69) is 31.2 Å². The van der Waals surface area contributed by atoms with Gasteiger partial charge in [0.2, 0.25) is 35.4 Å². The molecule has 0 radical (unpaired) electrons. The lowest BCUT2D eigenvalue weighted by Gasteiger charge is -2.27. The fraction of sp³-hybridized carbons (Fsp3) is 0.720. The van der Waals surface area contributed by atoms with Crippen LogP contribution in [0.4, 0.5) is 0 Å². The van der Waals surface area contributed by atoms with Crippen LogP contribution in [0.1, 0.15) is 60.3 Å². The molecule has 6 amide bonds. The van der Waals surface area contributed by atoms with E-state index in [1.165, 1.54) is 6.92 Å². The predicted octanol–water partition coefficient (Wildman–Crippen LogP) is -3.18. The van der Waals surface area contributed by atoms with Gasteiger partial charge in [0.1, 0.15) is 30.2 Å². The Balaban J connectivity index is 3.07. The van der Waals surface area contributed by atoms with Crippen LogP contribution in [-0.4, -0.2) is 95.5 Å². The third kappa shape index (κ3) is 12.0. The Kier molecular flexibility index (Phi) is 14.9. The maximum Gasteiger partial charge on any atom is 0.527 e. The van der Waals surface area contributed by atoms with Gasteiger partial charge in [0.25, 0.3) is 0 Å². The van der Waals surface area contributed by atoms with Crippen molar-refractivity contribution in [1.82, 2.24) is 26.6 Å². The molecule has 1 aliphatic rings. The normalized spacial score (nSPS) is 18.1. The highest BCUT2D eigenvalue weighted by atomic mass is 16.6. The molecule has 1 unspecified atom stereocenters. The van der Waals surface area contributed by atoms with Crippen LogP contribution in [0.15, 0.2) is 0 Å². The van der Waals surface area contributed by atoms with Gasteiger partial charge < -0.3 is 47.1 Å². The van der Waals surface area contributed by atoms with E-state index in [1.807, 2.05) is 0 Å². The monoisotopic (exact) mass is 598 g/mol. The predicted molar refractivity (Wildman–Crippen MR) is 149 cm³/mol. The molecule has 17 heteroatoms. The van der Waals surface area contributed by atoms with Gasteiger partial charge in [-0.25, -0.2) is 0 Å². The zero-order valence-electron chi connectivity index (χ0n) is 24.6. The molecule has 0 aliphatic carbocycles. The molecule has 9 N–H and O–H groups in total. The lowest BCUT2D eigenvalue weighted by atomic mass is 9.85. The third-order valence-electron chi connectivity index (χ3n) is 6.61. The molecule has 0 aromatic rings. The maximum atomic E-state index is 13.2. The summed E-state index contributed by atoms with van der Waals surface area (Å²) in [6.07, 6.45) is -0.0962. The molecule has 236 valence electrons. The molecule has 6 atom stereocenters. The second-order valence-corrected chi connectivity index (χ2v) is 10.8. The van der Waals surface area contributed by atoms with Crippen molar-refractivity contribution in [1.29, 1.82) is 0 Å². The van der Waals surface area contributed by atoms with Gasteiger partial charge in [0.05, 0.1) is 6.61 Å². The quantitative estimate of drug-likeness (QED) is 0.0779. The molecule has 0 bridgehead atoms. The van der Waals surface area contributed by atoms with Crippen LogP contribution < -0.4 is 32.3 Å². The number of rotatable bonds is 17. The summed E-state index contributed by atoms with van der Waals surface area (Å²) < 4.78 is 4.62. The van der Waals surface area contributed by atoms with E-state index in [1.54, 1.807) is 27.7 Å². The summed E-state index contributed by atoms with van der Waals surface area (Å²) in [5.74, 6) is -5.75. The second-order valence-electron chi connectivity index (χ2n) is 10.8. The number of primary amides is 1. The summed E-state index contributed by atoms with van der Waals surface area (Å²) in [6.45, 7) is 7.48.